The van der Waals surface area contributed by atoms with Crippen LogP contribution in [0, 0.1) is 0 Å². The molecule has 2 amide bonds. The van der Waals surface area contributed by atoms with Gasteiger partial charge in [-0.2, -0.15) is 0 Å². The number of amides is 2. The number of ether oxygens (including phenoxy) is 6. The standard InChI is InChI=1S/C67H124N2O21/c1-4-6-8-10-12-14-16-17-18-19-20-21-22-23-24-25-26-27-28-29-30-31-33-35-37-39-41-54(77)69-48(49(74)40-38-36-34-32-15-13-11-9-7-5-2)46-85-64-59(81)58(80)61(53(45-72)87-64)88-65-60(82)63(57(79)52(44-71)86-65)90-67(66(83)84)42-50(75)55(68-47(3)73)62(89-67)56(78)51(76)43-70/h38,40,48-53,55-65,70-72,74-76,78-82H,4-37,39,41-46H2,1-3H3,(H,68,73)(H,69,77)(H,83,84)/b40-38+. The zero-order valence-corrected chi connectivity index (χ0v) is 55.0. The summed E-state index contributed by atoms with van der Waals surface area (Å²) in [6, 6.07) is -2.61. The number of aliphatic hydroxyl groups excluding tert-OH is 11. The minimum absolute atomic E-state index is 0.205. The van der Waals surface area contributed by atoms with E-state index in [0.717, 1.165) is 51.9 Å². The van der Waals surface area contributed by atoms with E-state index in [0.29, 0.717) is 12.8 Å². The molecule has 0 aromatic heterocycles. The summed E-state index contributed by atoms with van der Waals surface area (Å²) in [5.41, 5.74) is 0. The second-order valence-corrected chi connectivity index (χ2v) is 25.8. The van der Waals surface area contributed by atoms with Crippen molar-refractivity contribution >= 4 is 17.8 Å². The molecule has 0 aromatic carbocycles. The molecule has 0 bridgehead atoms. The fourth-order valence-electron chi connectivity index (χ4n) is 12.4. The number of allylic oxidation sites excluding steroid dienone is 1. The Balaban J connectivity index is 1.52. The molecule has 3 saturated heterocycles. The number of unbranched alkanes of at least 4 members (excludes halogenated alkanes) is 33. The average molecular weight is 1290 g/mol. The largest absolute Gasteiger partial charge is 0.477 e. The highest BCUT2D eigenvalue weighted by molar-refractivity contribution is 5.77. The van der Waals surface area contributed by atoms with Gasteiger partial charge in [-0.1, -0.05) is 231 Å². The molecule has 3 aliphatic rings. The van der Waals surface area contributed by atoms with Crippen molar-refractivity contribution in [1.82, 2.24) is 10.6 Å². The van der Waals surface area contributed by atoms with E-state index in [9.17, 15) is 75.7 Å². The van der Waals surface area contributed by atoms with Crippen molar-refractivity contribution in [2.24, 2.45) is 0 Å². The third-order valence-electron chi connectivity index (χ3n) is 18.0. The Bertz CT molecular complexity index is 1870. The van der Waals surface area contributed by atoms with Gasteiger partial charge in [-0.15, -0.1) is 0 Å². The maximum atomic E-state index is 13.4. The number of carbonyl (C=O) groups is 3. The van der Waals surface area contributed by atoms with E-state index >= 15 is 0 Å². The van der Waals surface area contributed by atoms with Crippen LogP contribution in [0.25, 0.3) is 0 Å². The first-order chi connectivity index (χ1) is 43.4. The number of hydrogen-bond acceptors (Lipinski definition) is 20. The summed E-state index contributed by atoms with van der Waals surface area (Å²) >= 11 is 0. The van der Waals surface area contributed by atoms with Crippen molar-refractivity contribution < 1.29 is 104 Å². The number of rotatable bonds is 53. The van der Waals surface area contributed by atoms with Crippen LogP contribution in [0.5, 0.6) is 0 Å². The van der Waals surface area contributed by atoms with Gasteiger partial charge in [0.25, 0.3) is 5.79 Å². The fourth-order valence-corrected chi connectivity index (χ4v) is 12.4. The molecule has 3 aliphatic heterocycles. The van der Waals surface area contributed by atoms with Crippen molar-refractivity contribution in [1.29, 1.82) is 0 Å². The van der Waals surface area contributed by atoms with Gasteiger partial charge in [0.05, 0.1) is 50.7 Å². The highest BCUT2D eigenvalue weighted by atomic mass is 16.8. The lowest BCUT2D eigenvalue weighted by Crippen LogP contribution is -2.70. The molecule has 0 aliphatic carbocycles. The van der Waals surface area contributed by atoms with Crippen LogP contribution in [0.3, 0.4) is 0 Å². The summed E-state index contributed by atoms with van der Waals surface area (Å²) < 4.78 is 34.7. The Morgan fingerprint density at radius 3 is 1.48 bits per heavy atom. The second-order valence-electron chi connectivity index (χ2n) is 25.8. The molecule has 23 nitrogen and oxygen atoms in total. The highest BCUT2D eigenvalue weighted by Gasteiger charge is 2.60. The van der Waals surface area contributed by atoms with Crippen LogP contribution in [0.15, 0.2) is 12.2 Å². The zero-order chi connectivity index (χ0) is 66.1. The number of aliphatic carboxylic acids is 1. The van der Waals surface area contributed by atoms with Gasteiger partial charge in [0.15, 0.2) is 12.6 Å². The van der Waals surface area contributed by atoms with E-state index in [2.05, 4.69) is 24.5 Å². The Kier molecular flexibility index (Phi) is 43.8. The van der Waals surface area contributed by atoms with Crippen LogP contribution >= 0.6 is 0 Å². The lowest BCUT2D eigenvalue weighted by atomic mass is 9.88. The van der Waals surface area contributed by atoms with Crippen LogP contribution < -0.4 is 10.6 Å². The highest BCUT2D eigenvalue weighted by Crippen LogP contribution is 2.39. The minimum Gasteiger partial charge on any atom is -0.477 e. The molecule has 3 heterocycles. The van der Waals surface area contributed by atoms with E-state index in [-0.39, 0.29) is 12.3 Å². The summed E-state index contributed by atoms with van der Waals surface area (Å²) in [6.45, 7) is 2.11. The van der Waals surface area contributed by atoms with Gasteiger partial charge in [0, 0.05) is 19.8 Å². The monoisotopic (exact) mass is 1290 g/mol. The minimum atomic E-state index is -3.08. The molecule has 18 unspecified atom stereocenters. The van der Waals surface area contributed by atoms with Crippen LogP contribution in [-0.2, 0) is 42.8 Å². The van der Waals surface area contributed by atoms with E-state index in [1.807, 2.05) is 6.08 Å². The van der Waals surface area contributed by atoms with Gasteiger partial charge in [-0.3, -0.25) is 9.59 Å². The fraction of sp³-hybridized carbons (Fsp3) is 0.925. The lowest BCUT2D eigenvalue weighted by Gasteiger charge is -2.50. The molecule has 14 N–H and O–H groups in total. The first-order valence-electron chi connectivity index (χ1n) is 35.1. The van der Waals surface area contributed by atoms with Gasteiger partial charge < -0.3 is 100 Å². The molecule has 3 rings (SSSR count). The van der Waals surface area contributed by atoms with Crippen LogP contribution in [-0.4, -0.2) is 215 Å². The first-order valence-corrected chi connectivity index (χ1v) is 35.1. The number of carbonyl (C=O) groups excluding carboxylic acids is 2. The van der Waals surface area contributed by atoms with Crippen molar-refractivity contribution in [3.8, 4) is 0 Å². The van der Waals surface area contributed by atoms with Gasteiger partial charge in [-0.05, 0) is 19.3 Å². The van der Waals surface area contributed by atoms with E-state index in [1.54, 1.807) is 6.08 Å². The topological polar surface area (TPSA) is 373 Å². The van der Waals surface area contributed by atoms with Gasteiger partial charge in [-0.25, -0.2) is 4.79 Å². The summed E-state index contributed by atoms with van der Waals surface area (Å²) in [4.78, 5) is 38.5. The second kappa shape index (κ2) is 48.2. The molecule has 90 heavy (non-hydrogen) atoms. The maximum absolute atomic E-state index is 13.4. The Morgan fingerprint density at radius 2 is 1.03 bits per heavy atom. The summed E-state index contributed by atoms with van der Waals surface area (Å²) in [7, 11) is 0. The van der Waals surface area contributed by atoms with E-state index < -0.39 is 155 Å². The zero-order valence-electron chi connectivity index (χ0n) is 55.0. The molecule has 528 valence electrons. The van der Waals surface area contributed by atoms with Crippen LogP contribution in [0.4, 0.5) is 0 Å². The van der Waals surface area contributed by atoms with Crippen molar-refractivity contribution in [3.05, 3.63) is 12.2 Å². The van der Waals surface area contributed by atoms with Gasteiger partial charge >= 0.3 is 5.97 Å². The third-order valence-corrected chi connectivity index (χ3v) is 18.0. The lowest BCUT2D eigenvalue weighted by molar-refractivity contribution is -0.386. The van der Waals surface area contributed by atoms with Crippen molar-refractivity contribution in [2.75, 3.05) is 26.4 Å². The predicted molar refractivity (Wildman–Crippen MR) is 338 cm³/mol. The Morgan fingerprint density at radius 1 is 0.578 bits per heavy atom. The molecule has 18 atom stereocenters. The van der Waals surface area contributed by atoms with Crippen LogP contribution in [0.2, 0.25) is 0 Å². The van der Waals surface area contributed by atoms with Gasteiger partial charge in [0.1, 0.15) is 67.1 Å². The number of hydrogen-bond donors (Lipinski definition) is 14. The quantitative estimate of drug-likeness (QED) is 0.0235. The van der Waals surface area contributed by atoms with E-state index in [4.69, 9.17) is 28.4 Å². The summed E-state index contributed by atoms with van der Waals surface area (Å²) in [6.07, 6.45) is 17.2. The molecule has 0 saturated carbocycles. The maximum Gasteiger partial charge on any atom is 0.364 e. The number of carboxylic acids is 1. The molecule has 0 spiro atoms. The Hall–Kier alpha value is -2.53. The number of nitrogens with one attached hydrogen (secondary N) is 2. The Labute approximate surface area is 537 Å². The summed E-state index contributed by atoms with van der Waals surface area (Å²) in [5.74, 6) is -6.14. The molecule has 0 radical (unpaired) electrons. The SMILES string of the molecule is CCCCCCCCCC/C=C/C(O)C(COC1OC(CO)C(OC2OC(CO)C(O)C(OC3(C(=O)O)CC(O)C(NC(C)=O)C(C(O)C(O)CO)O3)C2O)C(O)C1O)NC(=O)CCCCCCCCCCCCCCCCCCCCCCCCCCCC. The normalized spacial score (nSPS) is 28.6. The number of aliphatic hydroxyl groups is 11. The molecular weight excluding hydrogens is 1170 g/mol. The van der Waals surface area contributed by atoms with Crippen molar-refractivity contribution in [2.45, 2.75) is 368 Å². The van der Waals surface area contributed by atoms with E-state index in [1.165, 1.54) is 167 Å². The molecule has 3 fully saturated rings. The molecule has 0 aromatic rings. The molecule has 23 heteroatoms. The van der Waals surface area contributed by atoms with Crippen molar-refractivity contribution in [3.63, 3.8) is 0 Å². The van der Waals surface area contributed by atoms with Crippen LogP contribution in [0.1, 0.15) is 258 Å². The average Bonchev–Trinajstić information content (AvgIpc) is 0.784. The van der Waals surface area contributed by atoms with Gasteiger partial charge in [0.2, 0.25) is 11.8 Å². The first kappa shape index (κ1) is 81.7. The number of carboxylic acid groups (broad SMARTS) is 1. The smallest absolute Gasteiger partial charge is 0.364 e. The molecular formula is C67H124N2O21. The predicted octanol–water partition coefficient (Wildman–Crippen LogP) is 6.29. The third kappa shape index (κ3) is 30.5. The summed E-state index contributed by atoms with van der Waals surface area (Å²) in [5, 5.41) is 136.